The Labute approximate surface area is 62.7 Å². The first-order valence-electron chi connectivity index (χ1n) is 2.29. The zero-order valence-corrected chi connectivity index (χ0v) is 5.97. The van der Waals surface area contributed by atoms with Gasteiger partial charge in [0.15, 0.2) is 0 Å². The molecule has 1 aliphatic rings. The van der Waals surface area contributed by atoms with Crippen molar-refractivity contribution in [1.82, 2.24) is 5.01 Å². The second-order valence-electron chi connectivity index (χ2n) is 1.51. The van der Waals surface area contributed by atoms with E-state index >= 15 is 0 Å². The summed E-state index contributed by atoms with van der Waals surface area (Å²) in [6.07, 6.45) is 3.09. The lowest BCUT2D eigenvalue weighted by Crippen LogP contribution is -2.35. The Balaban J connectivity index is 2.73. The van der Waals surface area contributed by atoms with Gasteiger partial charge in [0, 0.05) is 6.21 Å². The van der Waals surface area contributed by atoms with Gasteiger partial charge in [0.05, 0.1) is 0 Å². The minimum atomic E-state index is -0.567. The minimum absolute atomic E-state index is 0.394. The molecule has 0 aromatic rings. The lowest BCUT2D eigenvalue weighted by molar-refractivity contribution is 0.357. The molecule has 0 radical (unpaired) electrons. The van der Waals surface area contributed by atoms with Crippen molar-refractivity contribution in [3.05, 3.63) is 11.2 Å². The highest BCUT2D eigenvalue weighted by atomic mass is 35.5. The highest BCUT2D eigenvalue weighted by Crippen LogP contribution is 2.14. The van der Waals surface area contributed by atoms with Gasteiger partial charge in [-0.05, 0) is 6.08 Å². The van der Waals surface area contributed by atoms with E-state index in [-0.39, 0.29) is 0 Å². The van der Waals surface area contributed by atoms with E-state index < -0.39 is 5.62 Å². The molecular weight excluding hydrogens is 161 g/mol. The highest BCUT2D eigenvalue weighted by Gasteiger charge is 2.13. The fourth-order valence-corrected chi connectivity index (χ4v) is 0.804. The monoisotopic (exact) mass is 165 g/mol. The number of aliphatic imine (C=N–C) groups is 1. The fraction of sp³-hybridized carbons (Fsp3) is 0.250. The smallest absolute Gasteiger partial charge is 0.211 e. The standard InChI is InChI=1S/C4H5Cl2N3/c5-3-1-2-8-4(6)9(3)7/h1-2,4H,7H2. The van der Waals surface area contributed by atoms with Gasteiger partial charge < -0.3 is 0 Å². The second-order valence-corrected chi connectivity index (χ2v) is 2.28. The van der Waals surface area contributed by atoms with Gasteiger partial charge in [-0.2, -0.15) is 0 Å². The van der Waals surface area contributed by atoms with Crippen molar-refractivity contribution in [1.29, 1.82) is 0 Å². The lowest BCUT2D eigenvalue weighted by atomic mass is 10.6. The van der Waals surface area contributed by atoms with Crippen LogP contribution in [0.5, 0.6) is 0 Å². The summed E-state index contributed by atoms with van der Waals surface area (Å²) in [7, 11) is 0. The van der Waals surface area contributed by atoms with Crippen LogP contribution in [0, 0.1) is 0 Å². The molecule has 0 amide bonds. The molecule has 50 valence electrons. The van der Waals surface area contributed by atoms with Crippen LogP contribution in [0.15, 0.2) is 16.2 Å². The third-order valence-electron chi connectivity index (χ3n) is 0.897. The molecule has 1 heterocycles. The fourth-order valence-electron chi connectivity index (χ4n) is 0.435. The van der Waals surface area contributed by atoms with E-state index in [4.69, 9.17) is 29.0 Å². The summed E-state index contributed by atoms with van der Waals surface area (Å²) in [6.45, 7) is 0. The Morgan fingerprint density at radius 2 is 2.44 bits per heavy atom. The van der Waals surface area contributed by atoms with E-state index in [1.807, 2.05) is 0 Å². The normalized spacial score (nSPS) is 26.3. The first kappa shape index (κ1) is 6.86. The van der Waals surface area contributed by atoms with Crippen LogP contribution < -0.4 is 5.84 Å². The molecule has 0 fully saturated rings. The third-order valence-corrected chi connectivity index (χ3v) is 1.54. The van der Waals surface area contributed by atoms with Gasteiger partial charge in [-0.3, -0.25) is 10.0 Å². The average molecular weight is 166 g/mol. The number of hydrazine groups is 1. The van der Waals surface area contributed by atoms with E-state index in [0.29, 0.717) is 5.16 Å². The summed E-state index contributed by atoms with van der Waals surface area (Å²) in [6, 6.07) is 0. The molecule has 0 bridgehead atoms. The van der Waals surface area contributed by atoms with Gasteiger partial charge in [-0.15, -0.1) is 0 Å². The van der Waals surface area contributed by atoms with Crippen LogP contribution in [0.2, 0.25) is 0 Å². The van der Waals surface area contributed by atoms with Crippen molar-refractivity contribution < 1.29 is 0 Å². The minimum Gasteiger partial charge on any atom is -0.262 e. The van der Waals surface area contributed by atoms with E-state index in [1.54, 1.807) is 6.08 Å². The van der Waals surface area contributed by atoms with Crippen LogP contribution in [0.25, 0.3) is 0 Å². The molecule has 2 N–H and O–H groups in total. The SMILES string of the molecule is NN1C(Cl)=CC=NC1Cl. The number of rotatable bonds is 0. The van der Waals surface area contributed by atoms with Crippen LogP contribution in [0.3, 0.4) is 0 Å². The molecule has 0 spiro atoms. The Morgan fingerprint density at radius 1 is 1.78 bits per heavy atom. The summed E-state index contributed by atoms with van der Waals surface area (Å²) in [4.78, 5) is 3.74. The zero-order chi connectivity index (χ0) is 6.85. The predicted octanol–water partition coefficient (Wildman–Crippen LogP) is 0.849. The molecular formula is C4H5Cl2N3. The predicted molar refractivity (Wildman–Crippen MR) is 38.1 cm³/mol. The first-order valence-corrected chi connectivity index (χ1v) is 3.10. The zero-order valence-electron chi connectivity index (χ0n) is 4.46. The summed E-state index contributed by atoms with van der Waals surface area (Å²) in [5, 5.41) is 1.56. The van der Waals surface area contributed by atoms with Gasteiger partial charge in [0.1, 0.15) is 5.16 Å². The molecule has 1 unspecified atom stereocenters. The van der Waals surface area contributed by atoms with Gasteiger partial charge in [0.2, 0.25) is 5.62 Å². The topological polar surface area (TPSA) is 41.6 Å². The quantitative estimate of drug-likeness (QED) is 0.329. The summed E-state index contributed by atoms with van der Waals surface area (Å²) < 4.78 is 0. The number of hydrogen-bond acceptors (Lipinski definition) is 3. The molecule has 0 aromatic heterocycles. The number of alkyl halides is 1. The van der Waals surface area contributed by atoms with E-state index in [0.717, 1.165) is 0 Å². The van der Waals surface area contributed by atoms with Gasteiger partial charge in [-0.1, -0.05) is 23.2 Å². The maximum Gasteiger partial charge on any atom is 0.211 e. The number of halogens is 2. The van der Waals surface area contributed by atoms with Crippen molar-refractivity contribution in [2.24, 2.45) is 10.8 Å². The highest BCUT2D eigenvalue weighted by molar-refractivity contribution is 6.31. The molecule has 0 saturated carbocycles. The number of hydrogen-bond donors (Lipinski definition) is 1. The maximum atomic E-state index is 5.55. The summed E-state index contributed by atoms with van der Waals surface area (Å²) in [5.41, 5.74) is -0.567. The summed E-state index contributed by atoms with van der Waals surface area (Å²) >= 11 is 11.1. The number of nitrogens with zero attached hydrogens (tertiary/aromatic N) is 2. The summed E-state index contributed by atoms with van der Waals surface area (Å²) in [5.74, 6) is 5.31. The third kappa shape index (κ3) is 1.36. The number of nitrogens with two attached hydrogens (primary N) is 1. The van der Waals surface area contributed by atoms with Crippen molar-refractivity contribution in [2.45, 2.75) is 5.62 Å². The largest absolute Gasteiger partial charge is 0.262 e. The molecule has 1 aliphatic heterocycles. The van der Waals surface area contributed by atoms with Crippen LogP contribution in [0.1, 0.15) is 0 Å². The van der Waals surface area contributed by atoms with E-state index in [2.05, 4.69) is 4.99 Å². The molecule has 0 aliphatic carbocycles. The van der Waals surface area contributed by atoms with Gasteiger partial charge >= 0.3 is 0 Å². The Bertz CT molecular complexity index is 165. The van der Waals surface area contributed by atoms with Crippen LogP contribution in [-0.4, -0.2) is 16.8 Å². The van der Waals surface area contributed by atoms with Crippen molar-refractivity contribution in [2.75, 3.05) is 0 Å². The van der Waals surface area contributed by atoms with Gasteiger partial charge in [-0.25, -0.2) is 5.84 Å². The van der Waals surface area contributed by atoms with E-state index in [1.165, 1.54) is 11.2 Å². The van der Waals surface area contributed by atoms with E-state index in [9.17, 15) is 0 Å². The average Bonchev–Trinajstić information content (AvgIpc) is 1.83. The van der Waals surface area contributed by atoms with Crippen molar-refractivity contribution in [3.63, 3.8) is 0 Å². The molecule has 5 heteroatoms. The second kappa shape index (κ2) is 2.56. The van der Waals surface area contributed by atoms with Crippen molar-refractivity contribution >= 4 is 29.4 Å². The molecule has 1 atom stereocenters. The Kier molecular flexibility index (Phi) is 1.95. The molecule has 0 saturated heterocycles. The molecule has 1 rings (SSSR count). The number of allylic oxidation sites excluding steroid dienone is 1. The molecule has 3 nitrogen and oxygen atoms in total. The van der Waals surface area contributed by atoms with Crippen LogP contribution in [0.4, 0.5) is 0 Å². The molecule has 9 heavy (non-hydrogen) atoms. The first-order chi connectivity index (χ1) is 4.22. The Morgan fingerprint density at radius 3 is 2.89 bits per heavy atom. The lowest BCUT2D eigenvalue weighted by Gasteiger charge is -2.21. The van der Waals surface area contributed by atoms with Crippen molar-refractivity contribution in [3.8, 4) is 0 Å². The van der Waals surface area contributed by atoms with Crippen LogP contribution in [-0.2, 0) is 0 Å². The molecule has 0 aromatic carbocycles. The Hall–Kier alpha value is -0.250. The maximum absolute atomic E-state index is 5.55. The van der Waals surface area contributed by atoms with Crippen LogP contribution >= 0.6 is 23.2 Å². The van der Waals surface area contributed by atoms with Gasteiger partial charge in [0.25, 0.3) is 0 Å².